The summed E-state index contributed by atoms with van der Waals surface area (Å²) in [7, 11) is 0.561. The van der Waals surface area contributed by atoms with Crippen LogP contribution < -0.4 is 0 Å². The Labute approximate surface area is 129 Å². The zero-order chi connectivity index (χ0) is 15.1. The third-order valence-electron chi connectivity index (χ3n) is 3.65. The summed E-state index contributed by atoms with van der Waals surface area (Å²) in [6.07, 6.45) is 13.2. The SMILES string of the molecule is CCCCCCCC[S+](CCCC)CCCCC(=O)O. The quantitative estimate of drug-likeness (QED) is 0.341. The van der Waals surface area contributed by atoms with Crippen LogP contribution in [0.25, 0.3) is 0 Å². The summed E-state index contributed by atoms with van der Waals surface area (Å²) in [5.41, 5.74) is 0. The highest BCUT2D eigenvalue weighted by Crippen LogP contribution is 2.12. The van der Waals surface area contributed by atoms with Gasteiger partial charge in [-0.25, -0.2) is 0 Å². The average Bonchev–Trinajstić information content (AvgIpc) is 2.43. The monoisotopic (exact) mass is 303 g/mol. The van der Waals surface area contributed by atoms with Crippen LogP contribution in [0.2, 0.25) is 0 Å². The molecule has 1 unspecified atom stereocenters. The van der Waals surface area contributed by atoms with Crippen molar-refractivity contribution in [3.05, 3.63) is 0 Å². The van der Waals surface area contributed by atoms with Crippen LogP contribution in [0.4, 0.5) is 0 Å². The van der Waals surface area contributed by atoms with E-state index in [1.54, 1.807) is 0 Å². The average molecular weight is 304 g/mol. The lowest BCUT2D eigenvalue weighted by Crippen LogP contribution is -2.17. The Morgan fingerprint density at radius 1 is 0.750 bits per heavy atom. The summed E-state index contributed by atoms with van der Waals surface area (Å²) in [5, 5.41) is 8.67. The molecule has 0 aliphatic rings. The summed E-state index contributed by atoms with van der Waals surface area (Å²) in [4.78, 5) is 10.5. The van der Waals surface area contributed by atoms with E-state index >= 15 is 0 Å². The molecule has 120 valence electrons. The van der Waals surface area contributed by atoms with Crippen LogP contribution in [0.3, 0.4) is 0 Å². The van der Waals surface area contributed by atoms with Gasteiger partial charge in [-0.3, -0.25) is 4.79 Å². The molecular weight excluding hydrogens is 268 g/mol. The van der Waals surface area contributed by atoms with Gasteiger partial charge in [0.1, 0.15) is 17.3 Å². The van der Waals surface area contributed by atoms with E-state index in [1.807, 2.05) is 0 Å². The van der Waals surface area contributed by atoms with Crippen molar-refractivity contribution in [2.75, 3.05) is 17.3 Å². The van der Waals surface area contributed by atoms with Gasteiger partial charge in [-0.15, -0.1) is 0 Å². The van der Waals surface area contributed by atoms with Gasteiger partial charge in [0.25, 0.3) is 0 Å². The van der Waals surface area contributed by atoms with Crippen LogP contribution >= 0.6 is 0 Å². The van der Waals surface area contributed by atoms with Crippen molar-refractivity contribution in [3.8, 4) is 0 Å². The van der Waals surface area contributed by atoms with E-state index in [0.29, 0.717) is 17.3 Å². The van der Waals surface area contributed by atoms with Crippen molar-refractivity contribution < 1.29 is 9.90 Å². The molecule has 0 spiro atoms. The molecule has 0 bridgehead atoms. The van der Waals surface area contributed by atoms with Gasteiger partial charge in [-0.2, -0.15) is 0 Å². The third-order valence-corrected chi connectivity index (χ3v) is 6.24. The van der Waals surface area contributed by atoms with E-state index in [9.17, 15) is 4.79 Å². The van der Waals surface area contributed by atoms with Gasteiger partial charge in [0.2, 0.25) is 0 Å². The molecule has 0 fully saturated rings. The van der Waals surface area contributed by atoms with Gasteiger partial charge in [0.05, 0.1) is 0 Å². The lowest BCUT2D eigenvalue weighted by atomic mass is 10.1. The normalized spacial score (nSPS) is 12.5. The van der Waals surface area contributed by atoms with Crippen LogP contribution in [0.1, 0.15) is 84.5 Å². The van der Waals surface area contributed by atoms with Gasteiger partial charge >= 0.3 is 5.97 Å². The number of unbranched alkanes of at least 4 members (excludes halogenated alkanes) is 7. The fraction of sp³-hybridized carbons (Fsp3) is 0.941. The van der Waals surface area contributed by atoms with E-state index in [2.05, 4.69) is 13.8 Å². The number of aliphatic carboxylic acids is 1. The zero-order valence-corrected chi connectivity index (χ0v) is 14.5. The molecule has 0 aromatic rings. The predicted molar refractivity (Wildman–Crippen MR) is 91.7 cm³/mol. The summed E-state index contributed by atoms with van der Waals surface area (Å²) < 4.78 is 0. The maximum atomic E-state index is 10.5. The van der Waals surface area contributed by atoms with Gasteiger partial charge in [-0.05, 0) is 43.0 Å². The molecule has 0 aliphatic heterocycles. The molecule has 2 nitrogen and oxygen atoms in total. The van der Waals surface area contributed by atoms with Crippen LogP contribution in [-0.2, 0) is 15.7 Å². The highest BCUT2D eigenvalue weighted by Gasteiger charge is 2.16. The lowest BCUT2D eigenvalue weighted by Gasteiger charge is -2.08. The van der Waals surface area contributed by atoms with Crippen molar-refractivity contribution in [1.29, 1.82) is 0 Å². The maximum absolute atomic E-state index is 10.5. The molecule has 0 aromatic carbocycles. The lowest BCUT2D eigenvalue weighted by molar-refractivity contribution is -0.137. The summed E-state index contributed by atoms with van der Waals surface area (Å²) in [5.74, 6) is 3.38. The molecule has 0 aliphatic carbocycles. The first-order valence-corrected chi connectivity index (χ1v) is 10.3. The molecule has 20 heavy (non-hydrogen) atoms. The van der Waals surface area contributed by atoms with Crippen LogP contribution in [-0.4, -0.2) is 28.3 Å². The minimum Gasteiger partial charge on any atom is -0.481 e. The molecule has 0 saturated heterocycles. The topological polar surface area (TPSA) is 37.3 Å². The van der Waals surface area contributed by atoms with Crippen LogP contribution in [0, 0.1) is 0 Å². The van der Waals surface area contributed by atoms with E-state index in [4.69, 9.17) is 5.11 Å². The molecule has 1 N–H and O–H groups in total. The standard InChI is InChI=1S/C17H34O2S/c1-3-5-7-8-9-11-15-20(14-6-4-2)16-12-10-13-17(18)19/h3-16H2,1-2H3/p+1. The van der Waals surface area contributed by atoms with E-state index in [-0.39, 0.29) is 0 Å². The summed E-state index contributed by atoms with van der Waals surface area (Å²) in [6, 6.07) is 0. The van der Waals surface area contributed by atoms with Crippen molar-refractivity contribution >= 4 is 16.9 Å². The largest absolute Gasteiger partial charge is 0.481 e. The second-order valence-corrected chi connectivity index (χ2v) is 8.15. The fourth-order valence-electron chi connectivity index (χ4n) is 2.32. The predicted octanol–water partition coefficient (Wildman–Crippen LogP) is 5.02. The molecular formula is C17H35O2S+. The highest BCUT2D eigenvalue weighted by molar-refractivity contribution is 7.96. The first kappa shape index (κ1) is 19.8. The van der Waals surface area contributed by atoms with Crippen LogP contribution in [0.5, 0.6) is 0 Å². The Morgan fingerprint density at radius 3 is 1.85 bits per heavy atom. The number of carbonyl (C=O) groups is 1. The fourth-order valence-corrected chi connectivity index (χ4v) is 4.86. The van der Waals surface area contributed by atoms with Gasteiger partial charge in [0, 0.05) is 6.42 Å². The van der Waals surface area contributed by atoms with E-state index in [1.165, 1.54) is 68.6 Å². The minimum atomic E-state index is -0.644. The van der Waals surface area contributed by atoms with Gasteiger partial charge in [0.15, 0.2) is 0 Å². The van der Waals surface area contributed by atoms with Crippen molar-refractivity contribution in [2.45, 2.75) is 84.5 Å². The number of carboxylic acid groups (broad SMARTS) is 1. The molecule has 0 amide bonds. The van der Waals surface area contributed by atoms with Crippen molar-refractivity contribution in [1.82, 2.24) is 0 Å². The summed E-state index contributed by atoms with van der Waals surface area (Å²) >= 11 is 0. The molecule has 0 rings (SSSR count). The van der Waals surface area contributed by atoms with Gasteiger partial charge in [-0.1, -0.05) is 46.0 Å². The van der Waals surface area contributed by atoms with Crippen LogP contribution in [0.15, 0.2) is 0 Å². The zero-order valence-electron chi connectivity index (χ0n) is 13.7. The second-order valence-electron chi connectivity index (χ2n) is 5.70. The number of hydrogen-bond acceptors (Lipinski definition) is 1. The Hall–Kier alpha value is -0.180. The smallest absolute Gasteiger partial charge is 0.303 e. The summed E-state index contributed by atoms with van der Waals surface area (Å²) in [6.45, 7) is 4.52. The number of rotatable bonds is 15. The Balaban J connectivity index is 3.64. The molecule has 1 atom stereocenters. The van der Waals surface area contributed by atoms with E-state index in [0.717, 1.165) is 12.8 Å². The third kappa shape index (κ3) is 14.2. The Bertz CT molecular complexity index is 219. The van der Waals surface area contributed by atoms with Crippen molar-refractivity contribution in [3.63, 3.8) is 0 Å². The second kappa shape index (κ2) is 15.2. The molecule has 0 radical (unpaired) electrons. The molecule has 0 aromatic heterocycles. The first-order valence-electron chi connectivity index (χ1n) is 8.56. The number of hydrogen-bond donors (Lipinski definition) is 1. The number of carboxylic acids is 1. The van der Waals surface area contributed by atoms with Crippen molar-refractivity contribution in [2.24, 2.45) is 0 Å². The molecule has 3 heteroatoms. The maximum Gasteiger partial charge on any atom is 0.303 e. The van der Waals surface area contributed by atoms with E-state index < -0.39 is 5.97 Å². The highest BCUT2D eigenvalue weighted by atomic mass is 32.2. The first-order chi connectivity index (χ1) is 9.70. The minimum absolute atomic E-state index is 0.349. The molecule has 0 saturated carbocycles. The Kier molecular flexibility index (Phi) is 15.1. The Morgan fingerprint density at radius 2 is 1.25 bits per heavy atom. The molecule has 0 heterocycles. The van der Waals surface area contributed by atoms with Gasteiger partial charge < -0.3 is 5.11 Å².